The summed E-state index contributed by atoms with van der Waals surface area (Å²) in [5, 5.41) is 9.70. The van der Waals surface area contributed by atoms with E-state index in [0.29, 0.717) is 5.75 Å². The van der Waals surface area contributed by atoms with Gasteiger partial charge in [0.2, 0.25) is 0 Å². The number of hydrogen-bond acceptors (Lipinski definition) is 3. The Morgan fingerprint density at radius 1 is 1.47 bits per heavy atom. The summed E-state index contributed by atoms with van der Waals surface area (Å²) in [7, 11) is 0. The zero-order valence-corrected chi connectivity index (χ0v) is 9.81. The minimum atomic E-state index is 0.0712. The van der Waals surface area contributed by atoms with Crippen molar-refractivity contribution in [2.45, 2.75) is 36.1 Å². The molecule has 0 amide bonds. The van der Waals surface area contributed by atoms with Gasteiger partial charge in [-0.3, -0.25) is 0 Å². The molecule has 1 fully saturated rings. The average molecular weight is 223 g/mol. The zero-order chi connectivity index (χ0) is 10.9. The van der Waals surface area contributed by atoms with Crippen LogP contribution in [0, 0.1) is 0 Å². The molecule has 1 aromatic rings. The Morgan fingerprint density at radius 3 is 2.80 bits per heavy atom. The quantitative estimate of drug-likeness (QED) is 0.771. The van der Waals surface area contributed by atoms with E-state index in [9.17, 15) is 5.11 Å². The molecule has 1 aliphatic rings. The summed E-state index contributed by atoms with van der Waals surface area (Å²) >= 11 is 1.70. The van der Waals surface area contributed by atoms with E-state index in [1.807, 2.05) is 12.3 Å². The third kappa shape index (κ3) is 2.67. The van der Waals surface area contributed by atoms with Crippen molar-refractivity contribution in [1.82, 2.24) is 0 Å². The van der Waals surface area contributed by atoms with E-state index >= 15 is 0 Å². The lowest BCUT2D eigenvalue weighted by Gasteiger charge is -2.10. The largest absolute Gasteiger partial charge is 0.508 e. The number of phenols is 1. The van der Waals surface area contributed by atoms with Gasteiger partial charge in [-0.15, -0.1) is 11.8 Å². The Balaban J connectivity index is 2.05. The van der Waals surface area contributed by atoms with Gasteiger partial charge in [0.15, 0.2) is 0 Å². The Morgan fingerprint density at radius 2 is 2.20 bits per heavy atom. The fourth-order valence-electron chi connectivity index (χ4n) is 1.68. The van der Waals surface area contributed by atoms with Gasteiger partial charge in [-0.2, -0.15) is 0 Å². The van der Waals surface area contributed by atoms with Gasteiger partial charge in [0.25, 0.3) is 0 Å². The van der Waals surface area contributed by atoms with Crippen molar-refractivity contribution in [1.29, 1.82) is 0 Å². The molecule has 2 nitrogen and oxygen atoms in total. The van der Waals surface area contributed by atoms with E-state index in [-0.39, 0.29) is 5.54 Å². The van der Waals surface area contributed by atoms with Gasteiger partial charge < -0.3 is 10.8 Å². The molecule has 0 aliphatic heterocycles. The van der Waals surface area contributed by atoms with Crippen LogP contribution in [0.3, 0.4) is 0 Å². The number of rotatable bonds is 4. The third-order valence-corrected chi connectivity index (χ3v) is 3.80. The van der Waals surface area contributed by atoms with E-state index < -0.39 is 0 Å². The topological polar surface area (TPSA) is 46.2 Å². The van der Waals surface area contributed by atoms with E-state index in [1.165, 1.54) is 4.90 Å². The van der Waals surface area contributed by atoms with E-state index in [2.05, 4.69) is 6.07 Å². The average Bonchev–Trinajstić information content (AvgIpc) is 2.96. The van der Waals surface area contributed by atoms with Crippen LogP contribution >= 0.6 is 11.8 Å². The first kappa shape index (κ1) is 10.8. The van der Waals surface area contributed by atoms with Crippen LogP contribution in [0.4, 0.5) is 0 Å². The molecule has 0 spiro atoms. The summed E-state index contributed by atoms with van der Waals surface area (Å²) in [6, 6.07) is 5.78. The fourth-order valence-corrected chi connectivity index (χ4v) is 2.15. The van der Waals surface area contributed by atoms with Crippen molar-refractivity contribution in [3.05, 3.63) is 23.8 Å². The summed E-state index contributed by atoms with van der Waals surface area (Å²) in [6.45, 7) is 0. The van der Waals surface area contributed by atoms with Gasteiger partial charge in [-0.1, -0.05) is 0 Å². The van der Waals surface area contributed by atoms with Crippen LogP contribution in [-0.4, -0.2) is 16.9 Å². The van der Waals surface area contributed by atoms with Gasteiger partial charge in [0.05, 0.1) is 0 Å². The summed E-state index contributed by atoms with van der Waals surface area (Å²) in [6.07, 6.45) is 6.18. The maximum absolute atomic E-state index is 9.70. The number of hydrogen-bond donors (Lipinski definition) is 2. The fraction of sp³-hybridized carbons (Fsp3) is 0.500. The molecule has 0 heterocycles. The molecule has 0 saturated heterocycles. The molecule has 0 atom stereocenters. The first-order valence-corrected chi connectivity index (χ1v) is 6.50. The van der Waals surface area contributed by atoms with Crippen molar-refractivity contribution >= 4 is 11.8 Å². The molecule has 0 bridgehead atoms. The molecule has 3 N–H and O–H groups in total. The van der Waals surface area contributed by atoms with E-state index in [0.717, 1.165) is 31.2 Å². The normalized spacial score (nSPS) is 17.7. The first-order valence-electron chi connectivity index (χ1n) is 5.28. The molecule has 1 aromatic carbocycles. The zero-order valence-electron chi connectivity index (χ0n) is 8.99. The van der Waals surface area contributed by atoms with Crippen LogP contribution in [0.5, 0.6) is 5.75 Å². The minimum absolute atomic E-state index is 0.0712. The molecular formula is C12H17NOS. The maximum atomic E-state index is 9.70. The predicted molar refractivity (Wildman–Crippen MR) is 64.4 cm³/mol. The standard InChI is InChI=1S/C12H17NOS/c1-15-10-2-3-11(14)9(8-10)4-5-12(13)6-7-12/h2-3,8,14H,4-7,13H2,1H3. The number of thioether (sulfide) groups is 1. The molecule has 82 valence electrons. The lowest BCUT2D eigenvalue weighted by Crippen LogP contribution is -2.22. The van der Waals surface area contributed by atoms with Crippen molar-refractivity contribution in [3.8, 4) is 5.75 Å². The molecular weight excluding hydrogens is 206 g/mol. The van der Waals surface area contributed by atoms with Gasteiger partial charge in [-0.25, -0.2) is 0 Å². The van der Waals surface area contributed by atoms with E-state index in [4.69, 9.17) is 5.73 Å². The minimum Gasteiger partial charge on any atom is -0.508 e. The van der Waals surface area contributed by atoms with Gasteiger partial charge in [-0.05, 0) is 55.7 Å². The summed E-state index contributed by atoms with van der Waals surface area (Å²) in [5.74, 6) is 0.400. The summed E-state index contributed by atoms with van der Waals surface area (Å²) < 4.78 is 0. The highest BCUT2D eigenvalue weighted by atomic mass is 32.2. The van der Waals surface area contributed by atoms with Crippen molar-refractivity contribution < 1.29 is 5.11 Å². The second-order valence-electron chi connectivity index (χ2n) is 4.36. The van der Waals surface area contributed by atoms with Crippen molar-refractivity contribution in [2.24, 2.45) is 5.73 Å². The van der Waals surface area contributed by atoms with Gasteiger partial charge in [0, 0.05) is 10.4 Å². The van der Waals surface area contributed by atoms with Gasteiger partial charge >= 0.3 is 0 Å². The molecule has 2 rings (SSSR count). The van der Waals surface area contributed by atoms with E-state index in [1.54, 1.807) is 17.8 Å². The Hall–Kier alpha value is -0.670. The molecule has 0 unspecified atom stereocenters. The van der Waals surface area contributed by atoms with Crippen LogP contribution in [0.15, 0.2) is 23.1 Å². The first-order chi connectivity index (χ1) is 7.13. The Bertz CT molecular complexity index is 361. The lowest BCUT2D eigenvalue weighted by molar-refractivity contribution is 0.464. The second kappa shape index (κ2) is 4.06. The number of phenolic OH excluding ortho intramolecular Hbond substituents is 1. The smallest absolute Gasteiger partial charge is 0.118 e. The highest BCUT2D eigenvalue weighted by molar-refractivity contribution is 7.98. The van der Waals surface area contributed by atoms with Crippen LogP contribution in [0.2, 0.25) is 0 Å². The van der Waals surface area contributed by atoms with Gasteiger partial charge in [0.1, 0.15) is 5.75 Å². The number of aromatic hydroxyl groups is 1. The summed E-state index contributed by atoms with van der Waals surface area (Å²) in [5.41, 5.74) is 7.13. The van der Waals surface area contributed by atoms with Crippen molar-refractivity contribution in [2.75, 3.05) is 6.26 Å². The number of benzene rings is 1. The molecule has 15 heavy (non-hydrogen) atoms. The van der Waals surface area contributed by atoms with Crippen molar-refractivity contribution in [3.63, 3.8) is 0 Å². The monoisotopic (exact) mass is 223 g/mol. The van der Waals surface area contributed by atoms with Crippen LogP contribution < -0.4 is 5.73 Å². The lowest BCUT2D eigenvalue weighted by atomic mass is 10.0. The van der Waals surface area contributed by atoms with Crippen LogP contribution in [-0.2, 0) is 6.42 Å². The third-order valence-electron chi connectivity index (χ3n) is 3.07. The molecule has 0 aromatic heterocycles. The molecule has 0 radical (unpaired) electrons. The highest BCUT2D eigenvalue weighted by Crippen LogP contribution is 2.37. The predicted octanol–water partition coefficient (Wildman–Crippen LogP) is 2.54. The Kier molecular flexibility index (Phi) is 2.94. The molecule has 1 aliphatic carbocycles. The van der Waals surface area contributed by atoms with Crippen LogP contribution in [0.1, 0.15) is 24.8 Å². The Labute approximate surface area is 94.9 Å². The summed E-state index contributed by atoms with van der Waals surface area (Å²) in [4.78, 5) is 1.20. The number of aryl methyl sites for hydroxylation is 1. The second-order valence-corrected chi connectivity index (χ2v) is 5.24. The highest BCUT2D eigenvalue weighted by Gasteiger charge is 2.37. The number of nitrogens with two attached hydrogens (primary N) is 1. The maximum Gasteiger partial charge on any atom is 0.118 e. The molecule has 1 saturated carbocycles. The SMILES string of the molecule is CSc1ccc(O)c(CCC2(N)CC2)c1. The van der Waals surface area contributed by atoms with Crippen LogP contribution in [0.25, 0.3) is 0 Å². The molecule has 3 heteroatoms.